The highest BCUT2D eigenvalue weighted by molar-refractivity contribution is 9.10. The van der Waals surface area contributed by atoms with Gasteiger partial charge in [0.2, 0.25) is 0 Å². The van der Waals surface area contributed by atoms with E-state index in [-0.39, 0.29) is 0 Å². The van der Waals surface area contributed by atoms with Crippen LogP contribution in [0.1, 0.15) is 31.9 Å². The van der Waals surface area contributed by atoms with E-state index in [1.807, 2.05) is 18.2 Å². The normalized spacial score (nSPS) is 12.7. The fraction of sp³-hybridized carbons (Fsp3) is 0.308. The molecule has 90 valence electrons. The Labute approximate surface area is 119 Å². The average Bonchev–Trinajstić information content (AvgIpc) is 2.81. The summed E-state index contributed by atoms with van der Waals surface area (Å²) in [5, 5.41) is 3.93. The van der Waals surface area contributed by atoms with Crippen LogP contribution in [-0.4, -0.2) is 4.98 Å². The molecule has 0 saturated heterocycles. The lowest BCUT2D eigenvalue weighted by Crippen LogP contribution is -1.90. The Morgan fingerprint density at radius 3 is 2.88 bits per heavy atom. The Morgan fingerprint density at radius 2 is 2.24 bits per heavy atom. The summed E-state index contributed by atoms with van der Waals surface area (Å²) in [6.45, 7) is 4.39. The van der Waals surface area contributed by atoms with E-state index in [0.29, 0.717) is 5.92 Å². The molecule has 2 aromatic rings. The predicted molar refractivity (Wildman–Crippen MR) is 79.0 cm³/mol. The number of thiazole rings is 1. The number of hydrogen-bond acceptors (Lipinski definition) is 2. The molecule has 2 rings (SSSR count). The monoisotopic (exact) mass is 329 g/mol. The third kappa shape index (κ3) is 2.90. The van der Waals surface area contributed by atoms with Crippen molar-refractivity contribution < 1.29 is 0 Å². The first-order chi connectivity index (χ1) is 8.11. The van der Waals surface area contributed by atoms with Crippen LogP contribution in [0, 0.1) is 0 Å². The SMILES string of the molecule is CCC(C)c1csc(-c2ccc(Cl)c(Br)c2)n1. The molecular formula is C13H13BrClNS. The Kier molecular flexibility index (Phi) is 4.23. The summed E-state index contributed by atoms with van der Waals surface area (Å²) in [6, 6.07) is 5.92. The molecule has 1 heterocycles. The minimum absolute atomic E-state index is 0.524. The molecule has 0 saturated carbocycles. The second-order valence-electron chi connectivity index (χ2n) is 4.02. The number of benzene rings is 1. The Balaban J connectivity index is 2.33. The first-order valence-corrected chi connectivity index (χ1v) is 7.57. The van der Waals surface area contributed by atoms with Gasteiger partial charge in [-0.3, -0.25) is 0 Å². The van der Waals surface area contributed by atoms with Gasteiger partial charge in [-0.2, -0.15) is 0 Å². The van der Waals surface area contributed by atoms with E-state index in [1.165, 1.54) is 5.69 Å². The van der Waals surface area contributed by atoms with Crippen LogP contribution >= 0.6 is 38.9 Å². The minimum atomic E-state index is 0.524. The largest absolute Gasteiger partial charge is 0.241 e. The number of rotatable bonds is 3. The smallest absolute Gasteiger partial charge is 0.123 e. The van der Waals surface area contributed by atoms with E-state index in [9.17, 15) is 0 Å². The highest BCUT2D eigenvalue weighted by atomic mass is 79.9. The summed E-state index contributed by atoms with van der Waals surface area (Å²) in [4.78, 5) is 4.68. The molecule has 0 aliphatic heterocycles. The van der Waals surface area contributed by atoms with E-state index in [0.717, 1.165) is 26.5 Å². The lowest BCUT2D eigenvalue weighted by molar-refractivity contribution is 0.714. The molecule has 1 aromatic heterocycles. The Bertz CT molecular complexity index is 524. The van der Waals surface area contributed by atoms with Crippen molar-refractivity contribution in [3.63, 3.8) is 0 Å². The van der Waals surface area contributed by atoms with Gasteiger partial charge < -0.3 is 0 Å². The van der Waals surface area contributed by atoms with Gasteiger partial charge >= 0.3 is 0 Å². The Morgan fingerprint density at radius 1 is 1.47 bits per heavy atom. The highest BCUT2D eigenvalue weighted by Gasteiger charge is 2.10. The molecule has 0 spiro atoms. The lowest BCUT2D eigenvalue weighted by Gasteiger charge is -2.03. The number of aromatic nitrogens is 1. The van der Waals surface area contributed by atoms with Gasteiger partial charge in [-0.15, -0.1) is 11.3 Å². The van der Waals surface area contributed by atoms with Crippen LogP contribution in [0.3, 0.4) is 0 Å². The van der Waals surface area contributed by atoms with E-state index in [4.69, 9.17) is 11.6 Å². The quantitative estimate of drug-likeness (QED) is 0.699. The zero-order valence-electron chi connectivity index (χ0n) is 9.71. The summed E-state index contributed by atoms with van der Waals surface area (Å²) >= 11 is 11.1. The molecule has 0 N–H and O–H groups in total. The maximum atomic E-state index is 5.98. The zero-order valence-corrected chi connectivity index (χ0v) is 12.9. The van der Waals surface area contributed by atoms with Crippen LogP contribution in [-0.2, 0) is 0 Å². The van der Waals surface area contributed by atoms with Crippen molar-refractivity contribution in [2.45, 2.75) is 26.2 Å². The van der Waals surface area contributed by atoms with Crippen LogP contribution in [0.15, 0.2) is 28.1 Å². The van der Waals surface area contributed by atoms with Crippen LogP contribution in [0.5, 0.6) is 0 Å². The van der Waals surface area contributed by atoms with Gasteiger partial charge in [0, 0.05) is 15.4 Å². The molecule has 0 aliphatic carbocycles. The van der Waals surface area contributed by atoms with Crippen molar-refractivity contribution in [1.29, 1.82) is 0 Å². The maximum Gasteiger partial charge on any atom is 0.123 e. The topological polar surface area (TPSA) is 12.9 Å². The molecule has 0 bridgehead atoms. The maximum absolute atomic E-state index is 5.98. The van der Waals surface area contributed by atoms with Gasteiger partial charge in [-0.05, 0) is 40.4 Å². The van der Waals surface area contributed by atoms with E-state index in [1.54, 1.807) is 11.3 Å². The number of nitrogens with zero attached hydrogens (tertiary/aromatic N) is 1. The van der Waals surface area contributed by atoms with Gasteiger partial charge in [0.05, 0.1) is 10.7 Å². The fourth-order valence-electron chi connectivity index (χ4n) is 1.48. The van der Waals surface area contributed by atoms with E-state index in [2.05, 4.69) is 40.1 Å². The first kappa shape index (κ1) is 13.1. The summed E-state index contributed by atoms with van der Waals surface area (Å²) in [5.41, 5.74) is 2.29. The number of hydrogen-bond donors (Lipinski definition) is 0. The molecule has 4 heteroatoms. The van der Waals surface area contributed by atoms with Crippen molar-refractivity contribution in [2.24, 2.45) is 0 Å². The molecule has 1 atom stereocenters. The van der Waals surface area contributed by atoms with Crippen LogP contribution in [0.25, 0.3) is 10.6 Å². The van der Waals surface area contributed by atoms with E-state index >= 15 is 0 Å². The van der Waals surface area contributed by atoms with E-state index < -0.39 is 0 Å². The van der Waals surface area contributed by atoms with Crippen molar-refractivity contribution in [3.05, 3.63) is 38.8 Å². The molecule has 0 radical (unpaired) electrons. The second kappa shape index (κ2) is 5.51. The van der Waals surface area contributed by atoms with Crippen molar-refractivity contribution in [3.8, 4) is 10.6 Å². The number of halogens is 2. The van der Waals surface area contributed by atoms with Crippen LogP contribution < -0.4 is 0 Å². The van der Waals surface area contributed by atoms with Gasteiger partial charge in [0.25, 0.3) is 0 Å². The van der Waals surface area contributed by atoms with Crippen molar-refractivity contribution in [1.82, 2.24) is 4.98 Å². The second-order valence-corrected chi connectivity index (χ2v) is 6.14. The van der Waals surface area contributed by atoms with Gasteiger partial charge in [0.15, 0.2) is 0 Å². The fourth-order valence-corrected chi connectivity index (χ4v) is 2.92. The Hall–Kier alpha value is -0.380. The molecule has 0 fully saturated rings. The van der Waals surface area contributed by atoms with Crippen LogP contribution in [0.4, 0.5) is 0 Å². The van der Waals surface area contributed by atoms with Crippen molar-refractivity contribution >= 4 is 38.9 Å². The zero-order chi connectivity index (χ0) is 12.4. The summed E-state index contributed by atoms with van der Waals surface area (Å²) in [6.07, 6.45) is 1.12. The van der Waals surface area contributed by atoms with Crippen molar-refractivity contribution in [2.75, 3.05) is 0 Å². The molecule has 1 aromatic carbocycles. The molecule has 1 unspecified atom stereocenters. The highest BCUT2D eigenvalue weighted by Crippen LogP contribution is 2.32. The predicted octanol–water partition coefficient (Wildman–Crippen LogP) is 5.74. The van der Waals surface area contributed by atoms with Gasteiger partial charge in [-0.1, -0.05) is 31.5 Å². The molecule has 0 amide bonds. The molecule has 1 nitrogen and oxygen atoms in total. The van der Waals surface area contributed by atoms with Crippen LogP contribution in [0.2, 0.25) is 5.02 Å². The first-order valence-electron chi connectivity index (χ1n) is 5.52. The lowest BCUT2D eigenvalue weighted by atomic mass is 10.1. The summed E-state index contributed by atoms with van der Waals surface area (Å²) in [7, 11) is 0. The minimum Gasteiger partial charge on any atom is -0.241 e. The van der Waals surface area contributed by atoms with Gasteiger partial charge in [-0.25, -0.2) is 4.98 Å². The standard InChI is InChI=1S/C13H13BrClNS/c1-3-8(2)12-7-17-13(16-12)9-4-5-11(15)10(14)6-9/h4-8H,3H2,1-2H3. The van der Waals surface area contributed by atoms with Gasteiger partial charge in [0.1, 0.15) is 5.01 Å². The molecule has 17 heavy (non-hydrogen) atoms. The average molecular weight is 331 g/mol. The summed E-state index contributed by atoms with van der Waals surface area (Å²) in [5.74, 6) is 0.524. The third-order valence-electron chi connectivity index (χ3n) is 2.81. The molecule has 0 aliphatic rings. The third-order valence-corrected chi connectivity index (χ3v) is 4.93. The molecular weight excluding hydrogens is 318 g/mol. The summed E-state index contributed by atoms with van der Waals surface area (Å²) < 4.78 is 0.914.